The minimum Gasteiger partial charge on any atom is -0.456 e. The first kappa shape index (κ1) is 55.3. The van der Waals surface area contributed by atoms with E-state index in [1.54, 1.807) is 0 Å². The zero-order valence-corrected chi connectivity index (χ0v) is 52.5. The number of hydrogen-bond donors (Lipinski definition) is 0. The fourth-order valence-electron chi connectivity index (χ4n) is 16.0. The van der Waals surface area contributed by atoms with E-state index in [0.717, 1.165) is 61.5 Å². The van der Waals surface area contributed by atoms with Gasteiger partial charge in [-0.3, -0.25) is 0 Å². The molecule has 4 heterocycles. The number of hydrogen-bond acceptors (Lipinski definition) is 3. The van der Waals surface area contributed by atoms with Crippen LogP contribution in [0.2, 0.25) is 0 Å². The number of fused-ring (bicyclic) bond motifs is 10. The lowest BCUT2D eigenvalue weighted by Gasteiger charge is -2.38. The van der Waals surface area contributed by atoms with Crippen LogP contribution in [0.4, 0.5) is 34.1 Å². The Hall–Kier alpha value is -12.4. The van der Waals surface area contributed by atoms with Crippen molar-refractivity contribution in [3.05, 3.63) is 358 Å². The molecule has 2 aliphatic heterocycles. The monoisotopic (exact) mass is 1220 g/mol. The average molecular weight is 1220 g/mol. The Labute approximate surface area is 558 Å². The largest absolute Gasteiger partial charge is 0.456 e. The number of aromatic nitrogens is 1. The van der Waals surface area contributed by atoms with Gasteiger partial charge in [0, 0.05) is 61.4 Å². The zero-order valence-electron chi connectivity index (χ0n) is 52.5. The van der Waals surface area contributed by atoms with Gasteiger partial charge in [-0.1, -0.05) is 284 Å². The molecule has 0 saturated heterocycles. The molecule has 446 valence electrons. The van der Waals surface area contributed by atoms with Crippen molar-refractivity contribution in [1.82, 2.24) is 4.57 Å². The number of anilines is 6. The molecule has 0 atom stereocenters. The highest BCUT2D eigenvalue weighted by Gasteiger charge is 2.40. The second kappa shape index (κ2) is 22.7. The average Bonchev–Trinajstić information content (AvgIpc) is 1.01. The van der Waals surface area contributed by atoms with Gasteiger partial charge in [0.15, 0.2) is 0 Å². The van der Waals surface area contributed by atoms with Gasteiger partial charge in [-0.25, -0.2) is 0 Å². The predicted octanol–water partition coefficient (Wildman–Crippen LogP) is 19.6. The summed E-state index contributed by atoms with van der Waals surface area (Å²) in [5.74, 6) is 0. The van der Waals surface area contributed by atoms with E-state index >= 15 is 0 Å². The molecule has 0 fully saturated rings. The Morgan fingerprint density at radius 2 is 0.573 bits per heavy atom. The summed E-state index contributed by atoms with van der Waals surface area (Å²) in [7, 11) is 0. The second-order valence-electron chi connectivity index (χ2n) is 25.4. The summed E-state index contributed by atoms with van der Waals surface area (Å²) in [5, 5.41) is 4.67. The van der Waals surface area contributed by atoms with E-state index in [9.17, 15) is 0 Å². The molecule has 96 heavy (non-hydrogen) atoms. The summed E-state index contributed by atoms with van der Waals surface area (Å²) in [6.45, 7) is -0.171. The van der Waals surface area contributed by atoms with Gasteiger partial charge in [-0.2, -0.15) is 0 Å². The topological polar surface area (TPSA) is 24.6 Å². The fourth-order valence-corrected chi connectivity index (χ4v) is 16.0. The molecule has 17 aromatic rings. The van der Waals surface area contributed by atoms with E-state index < -0.39 is 0 Å². The minimum atomic E-state index is -0.0884. The van der Waals surface area contributed by atoms with Crippen LogP contribution < -0.4 is 42.6 Å². The Morgan fingerprint density at radius 1 is 0.219 bits per heavy atom. The summed E-state index contributed by atoms with van der Waals surface area (Å²) in [4.78, 5) is 4.94. The number of nitrogens with zero attached hydrogens (tertiary/aromatic N) is 3. The molecular formula is C90H59B2N3O. The first-order chi connectivity index (χ1) is 47.7. The molecule has 4 nitrogen and oxygen atoms in total. The molecule has 0 saturated carbocycles. The van der Waals surface area contributed by atoms with Crippen LogP contribution in [0.15, 0.2) is 362 Å². The maximum absolute atomic E-state index is 6.35. The van der Waals surface area contributed by atoms with Gasteiger partial charge in [0.2, 0.25) is 13.4 Å². The zero-order chi connectivity index (χ0) is 63.2. The molecule has 15 aromatic carbocycles. The lowest BCUT2D eigenvalue weighted by molar-refractivity contribution is 0.669. The predicted molar refractivity (Wildman–Crippen MR) is 407 cm³/mol. The van der Waals surface area contributed by atoms with Crippen LogP contribution in [0.25, 0.3) is 105 Å². The highest BCUT2D eigenvalue weighted by molar-refractivity contribution is 7.00. The molecule has 0 radical (unpaired) electrons. The van der Waals surface area contributed by atoms with E-state index in [4.69, 9.17) is 4.42 Å². The lowest BCUT2D eigenvalue weighted by Crippen LogP contribution is -2.58. The number of furan rings is 1. The third-order valence-electron chi connectivity index (χ3n) is 20.2. The molecule has 19 rings (SSSR count). The molecule has 6 heteroatoms. The van der Waals surface area contributed by atoms with Crippen molar-refractivity contribution in [2.45, 2.75) is 0 Å². The molecule has 0 unspecified atom stereocenters. The second-order valence-corrected chi connectivity index (χ2v) is 25.4. The normalized spacial score (nSPS) is 12.5. The van der Waals surface area contributed by atoms with E-state index in [0.29, 0.717) is 0 Å². The Bertz CT molecular complexity index is 5770. The van der Waals surface area contributed by atoms with Gasteiger partial charge >= 0.3 is 0 Å². The molecule has 0 aliphatic carbocycles. The van der Waals surface area contributed by atoms with Gasteiger partial charge < -0.3 is 18.8 Å². The van der Waals surface area contributed by atoms with Crippen molar-refractivity contribution in [2.24, 2.45) is 0 Å². The summed E-state index contributed by atoms with van der Waals surface area (Å²) < 4.78 is 8.74. The van der Waals surface area contributed by atoms with Crippen LogP contribution in [0.5, 0.6) is 0 Å². The fraction of sp³-hybridized carbons (Fsp3) is 0. The Kier molecular flexibility index (Phi) is 13.1. The first-order valence-electron chi connectivity index (χ1n) is 33.2. The molecule has 0 amide bonds. The Morgan fingerprint density at radius 3 is 1.06 bits per heavy atom. The van der Waals surface area contributed by atoms with Gasteiger partial charge in [0.1, 0.15) is 11.2 Å². The summed E-state index contributed by atoms with van der Waals surface area (Å²) >= 11 is 0. The van der Waals surface area contributed by atoms with Gasteiger partial charge in [0.25, 0.3) is 0 Å². The molecular weight excluding hydrogens is 1160 g/mol. The Balaban J connectivity index is 0.701. The van der Waals surface area contributed by atoms with Crippen molar-refractivity contribution in [1.29, 1.82) is 0 Å². The molecule has 0 bridgehead atoms. The van der Waals surface area contributed by atoms with Crippen molar-refractivity contribution in [3.63, 3.8) is 0 Å². The van der Waals surface area contributed by atoms with Gasteiger partial charge in [-0.15, -0.1) is 0 Å². The maximum Gasteiger partial charge on any atom is 0.248 e. The van der Waals surface area contributed by atoms with E-state index in [1.807, 2.05) is 6.07 Å². The molecule has 2 aromatic heterocycles. The van der Waals surface area contributed by atoms with Crippen LogP contribution in [-0.2, 0) is 0 Å². The molecule has 0 N–H and O–H groups in total. The summed E-state index contributed by atoms with van der Waals surface area (Å²) in [5.41, 5.74) is 31.7. The van der Waals surface area contributed by atoms with Crippen molar-refractivity contribution >= 4 is 124 Å². The first-order valence-corrected chi connectivity index (χ1v) is 33.2. The third kappa shape index (κ3) is 8.94. The number of benzene rings is 15. The highest BCUT2D eigenvalue weighted by atomic mass is 16.3. The number of para-hydroxylation sites is 7. The standard InChI is InChI=1S/C90H59B2N3O/c1-4-24-62(25-5-1)69-32-22-34-71(89(69)91-77-36-12-17-41-83(77)94(84-42-18-13-37-78(84)91)67-54-56-82-75(58-67)73-30-10-16-40-81(73)93(82)66-28-8-3-9-29-66)64-50-46-60(47-51-64)61-48-52-65(53-49-61)72-35-23-33-70(63-26-6-2-7-27-63)90(72)92-79-38-14-19-43-85(79)95(86-44-20-15-39-80(86)92)68-55-57-88-76(59-68)74-31-11-21-45-87(74)96-88/h1-59H. The molecule has 0 spiro atoms. The third-order valence-corrected chi connectivity index (χ3v) is 20.2. The molecule has 2 aliphatic rings. The van der Waals surface area contributed by atoms with E-state index in [2.05, 4.69) is 366 Å². The van der Waals surface area contributed by atoms with Crippen LogP contribution in [0.1, 0.15) is 0 Å². The van der Waals surface area contributed by atoms with Crippen molar-refractivity contribution < 1.29 is 4.42 Å². The van der Waals surface area contributed by atoms with Crippen LogP contribution in [0.3, 0.4) is 0 Å². The van der Waals surface area contributed by atoms with Gasteiger partial charge in [0.05, 0.1) is 11.0 Å². The van der Waals surface area contributed by atoms with Crippen molar-refractivity contribution in [3.8, 4) is 61.3 Å². The van der Waals surface area contributed by atoms with Crippen LogP contribution in [0, 0.1) is 0 Å². The summed E-state index contributed by atoms with van der Waals surface area (Å²) in [6, 6.07) is 132. The van der Waals surface area contributed by atoms with Crippen molar-refractivity contribution in [2.75, 3.05) is 9.80 Å². The van der Waals surface area contributed by atoms with Crippen LogP contribution in [-0.4, -0.2) is 18.0 Å². The number of rotatable bonds is 10. The minimum absolute atomic E-state index is 0.0823. The highest BCUT2D eigenvalue weighted by Crippen LogP contribution is 2.44. The lowest BCUT2D eigenvalue weighted by atomic mass is 9.33. The smallest absolute Gasteiger partial charge is 0.248 e. The van der Waals surface area contributed by atoms with Gasteiger partial charge in [-0.05, 0) is 162 Å². The maximum atomic E-state index is 6.35. The quantitative estimate of drug-likeness (QED) is 0.128. The van der Waals surface area contributed by atoms with E-state index in [-0.39, 0.29) is 13.4 Å². The summed E-state index contributed by atoms with van der Waals surface area (Å²) in [6.07, 6.45) is 0. The van der Waals surface area contributed by atoms with E-state index in [1.165, 1.54) is 110 Å². The van der Waals surface area contributed by atoms with Crippen LogP contribution >= 0.6 is 0 Å². The SMILES string of the molecule is c1ccc(-c2cccc(-c3ccc(-c4ccc(-c5cccc(-c6ccccc6)c5B5c6ccccc6N(c6ccc7c(c6)c6ccccc6n7-c6ccccc6)c6ccccc65)cc4)cc3)c2B2c3ccccc3N(c3ccc4oc5ccccc5c4c3)c3ccccc32)cc1.